The third-order valence-corrected chi connectivity index (χ3v) is 5.92. The lowest BCUT2D eigenvalue weighted by atomic mass is 10.2. The molecule has 174 valence electrons. The highest BCUT2D eigenvalue weighted by Crippen LogP contribution is 2.18. The van der Waals surface area contributed by atoms with Crippen LogP contribution in [0.25, 0.3) is 11.4 Å². The summed E-state index contributed by atoms with van der Waals surface area (Å²) < 4.78 is 20.1. The zero-order valence-corrected chi connectivity index (χ0v) is 19.1. The molecule has 9 heteroatoms. The topological polar surface area (TPSA) is 84.5 Å². The van der Waals surface area contributed by atoms with E-state index in [1.54, 1.807) is 22.8 Å². The quantitative estimate of drug-likeness (QED) is 0.570. The SMILES string of the molecule is Cc1ccc(-c2noc(CCC(=O)N3CCN(c4ccc(F)cc4)CC3)n2)c(=O)n1C(C)C. The fourth-order valence-corrected chi connectivity index (χ4v) is 4.16. The minimum absolute atomic E-state index is 0.0185. The number of aryl methyl sites for hydroxylation is 2. The maximum atomic E-state index is 13.1. The van der Waals surface area contributed by atoms with Gasteiger partial charge < -0.3 is 18.9 Å². The van der Waals surface area contributed by atoms with Gasteiger partial charge in [-0.1, -0.05) is 5.16 Å². The van der Waals surface area contributed by atoms with Gasteiger partial charge in [-0.25, -0.2) is 4.39 Å². The van der Waals surface area contributed by atoms with E-state index < -0.39 is 0 Å². The normalized spacial score (nSPS) is 14.2. The molecule has 0 aliphatic carbocycles. The maximum absolute atomic E-state index is 13.1. The molecule has 0 bridgehead atoms. The first-order valence-electron chi connectivity index (χ1n) is 11.2. The molecule has 0 saturated carbocycles. The lowest BCUT2D eigenvalue weighted by Gasteiger charge is -2.36. The van der Waals surface area contributed by atoms with Crippen LogP contribution in [0, 0.1) is 12.7 Å². The van der Waals surface area contributed by atoms with Gasteiger partial charge in [0.2, 0.25) is 17.6 Å². The molecular formula is C24H28FN5O3. The van der Waals surface area contributed by atoms with Gasteiger partial charge in [0, 0.05) is 56.4 Å². The highest BCUT2D eigenvalue weighted by molar-refractivity contribution is 5.76. The summed E-state index contributed by atoms with van der Waals surface area (Å²) in [5.74, 6) is 0.333. The van der Waals surface area contributed by atoms with E-state index in [4.69, 9.17) is 4.52 Å². The number of amides is 1. The zero-order valence-electron chi connectivity index (χ0n) is 19.1. The van der Waals surface area contributed by atoms with Crippen LogP contribution >= 0.6 is 0 Å². The molecule has 1 aliphatic rings. The van der Waals surface area contributed by atoms with E-state index in [1.165, 1.54) is 12.1 Å². The van der Waals surface area contributed by atoms with Gasteiger partial charge in [-0.2, -0.15) is 4.98 Å². The van der Waals surface area contributed by atoms with Crippen LogP contribution in [0.2, 0.25) is 0 Å². The van der Waals surface area contributed by atoms with Gasteiger partial charge in [0.25, 0.3) is 5.56 Å². The third-order valence-electron chi connectivity index (χ3n) is 5.92. The monoisotopic (exact) mass is 453 g/mol. The van der Waals surface area contributed by atoms with E-state index >= 15 is 0 Å². The molecular weight excluding hydrogens is 425 g/mol. The molecule has 2 aromatic heterocycles. The van der Waals surface area contributed by atoms with Gasteiger partial charge in [0.05, 0.1) is 5.56 Å². The second-order valence-electron chi connectivity index (χ2n) is 8.51. The summed E-state index contributed by atoms with van der Waals surface area (Å²) in [5.41, 5.74) is 2.04. The van der Waals surface area contributed by atoms with Crippen LogP contribution < -0.4 is 10.5 Å². The highest BCUT2D eigenvalue weighted by atomic mass is 19.1. The average Bonchev–Trinajstić information content (AvgIpc) is 3.26. The Morgan fingerprint density at radius 3 is 2.45 bits per heavy atom. The Kier molecular flexibility index (Phi) is 6.57. The van der Waals surface area contributed by atoms with Crippen LogP contribution in [-0.4, -0.2) is 51.7 Å². The molecule has 1 aromatic carbocycles. The van der Waals surface area contributed by atoms with Crippen LogP contribution in [0.15, 0.2) is 45.7 Å². The summed E-state index contributed by atoms with van der Waals surface area (Å²) in [6.45, 7) is 8.37. The number of carbonyl (C=O) groups excluding carboxylic acids is 1. The standard InChI is InChI=1S/C24H28FN5O3/c1-16(2)30-17(3)4-9-20(24(30)32)23-26-21(33-27-23)10-11-22(31)29-14-12-28(13-15-29)19-7-5-18(25)6-8-19/h4-9,16H,10-15H2,1-3H3. The van der Waals surface area contributed by atoms with Gasteiger partial charge in [-0.05, 0) is 57.2 Å². The lowest BCUT2D eigenvalue weighted by Crippen LogP contribution is -2.48. The molecule has 0 atom stereocenters. The Morgan fingerprint density at radius 2 is 1.79 bits per heavy atom. The van der Waals surface area contributed by atoms with Crippen molar-refractivity contribution >= 4 is 11.6 Å². The highest BCUT2D eigenvalue weighted by Gasteiger charge is 2.22. The Hall–Kier alpha value is -3.49. The average molecular weight is 454 g/mol. The van der Waals surface area contributed by atoms with Crippen molar-refractivity contribution in [3.63, 3.8) is 0 Å². The summed E-state index contributed by atoms with van der Waals surface area (Å²) in [7, 11) is 0. The molecule has 1 saturated heterocycles. The first-order chi connectivity index (χ1) is 15.8. The second kappa shape index (κ2) is 9.56. The molecule has 0 N–H and O–H groups in total. The molecule has 0 radical (unpaired) electrons. The number of halogens is 1. The van der Waals surface area contributed by atoms with Crippen molar-refractivity contribution in [3.05, 3.63) is 64.2 Å². The third kappa shape index (κ3) is 4.97. The van der Waals surface area contributed by atoms with Gasteiger partial charge in [-0.3, -0.25) is 9.59 Å². The van der Waals surface area contributed by atoms with Crippen LogP contribution in [0.1, 0.15) is 37.9 Å². The van der Waals surface area contributed by atoms with E-state index in [0.717, 1.165) is 11.4 Å². The van der Waals surface area contributed by atoms with Crippen molar-refractivity contribution < 1.29 is 13.7 Å². The molecule has 4 rings (SSSR count). The van der Waals surface area contributed by atoms with Crippen LogP contribution in [0.5, 0.6) is 0 Å². The predicted molar refractivity (Wildman–Crippen MR) is 123 cm³/mol. The number of rotatable bonds is 6. The smallest absolute Gasteiger partial charge is 0.262 e. The van der Waals surface area contributed by atoms with E-state index in [0.29, 0.717) is 44.1 Å². The molecule has 3 heterocycles. The van der Waals surface area contributed by atoms with Gasteiger partial charge in [0.15, 0.2) is 0 Å². The van der Waals surface area contributed by atoms with E-state index in [1.807, 2.05) is 31.7 Å². The van der Waals surface area contributed by atoms with Crippen molar-refractivity contribution in [1.82, 2.24) is 19.6 Å². The number of hydrogen-bond donors (Lipinski definition) is 0. The summed E-state index contributed by atoms with van der Waals surface area (Å²) in [4.78, 5) is 33.8. The molecule has 1 fully saturated rings. The Morgan fingerprint density at radius 1 is 1.09 bits per heavy atom. The van der Waals surface area contributed by atoms with E-state index in [-0.39, 0.29) is 35.6 Å². The predicted octanol–water partition coefficient (Wildman–Crippen LogP) is 3.21. The number of pyridine rings is 1. The van der Waals surface area contributed by atoms with Crippen molar-refractivity contribution in [2.24, 2.45) is 0 Å². The Balaban J connectivity index is 1.34. The molecule has 0 spiro atoms. The van der Waals surface area contributed by atoms with Crippen molar-refractivity contribution in [2.45, 2.75) is 39.7 Å². The summed E-state index contributed by atoms with van der Waals surface area (Å²) >= 11 is 0. The second-order valence-corrected chi connectivity index (χ2v) is 8.51. The van der Waals surface area contributed by atoms with Crippen LogP contribution in [-0.2, 0) is 11.2 Å². The van der Waals surface area contributed by atoms with Gasteiger partial charge in [-0.15, -0.1) is 0 Å². The van der Waals surface area contributed by atoms with Crippen LogP contribution in [0.4, 0.5) is 10.1 Å². The van der Waals surface area contributed by atoms with Crippen molar-refractivity contribution in [3.8, 4) is 11.4 Å². The van der Waals surface area contributed by atoms with Gasteiger partial charge >= 0.3 is 0 Å². The minimum atomic E-state index is -0.260. The number of benzene rings is 1. The summed E-state index contributed by atoms with van der Waals surface area (Å²) in [6.07, 6.45) is 0.566. The van der Waals surface area contributed by atoms with E-state index in [2.05, 4.69) is 15.0 Å². The Labute approximate surface area is 191 Å². The number of hydrogen-bond acceptors (Lipinski definition) is 6. The molecule has 1 aliphatic heterocycles. The van der Waals surface area contributed by atoms with Crippen LogP contribution in [0.3, 0.4) is 0 Å². The molecule has 0 unspecified atom stereocenters. The molecule has 3 aromatic rings. The maximum Gasteiger partial charge on any atom is 0.262 e. The number of piperazine rings is 1. The molecule has 33 heavy (non-hydrogen) atoms. The van der Waals surface area contributed by atoms with Gasteiger partial charge in [0.1, 0.15) is 5.82 Å². The first-order valence-corrected chi connectivity index (χ1v) is 11.2. The minimum Gasteiger partial charge on any atom is -0.368 e. The Bertz CT molecular complexity index is 1180. The molecule has 1 amide bonds. The number of anilines is 1. The number of nitrogens with zero attached hydrogens (tertiary/aromatic N) is 5. The summed E-state index contributed by atoms with van der Waals surface area (Å²) in [5, 5.41) is 3.96. The number of carbonyl (C=O) groups is 1. The summed E-state index contributed by atoms with van der Waals surface area (Å²) in [6, 6.07) is 9.98. The lowest BCUT2D eigenvalue weighted by molar-refractivity contribution is -0.131. The fraction of sp³-hybridized carbons (Fsp3) is 0.417. The zero-order chi connectivity index (χ0) is 23.5. The first kappa shape index (κ1) is 22.7. The fourth-order valence-electron chi connectivity index (χ4n) is 4.16. The number of aromatic nitrogens is 3. The largest absolute Gasteiger partial charge is 0.368 e. The van der Waals surface area contributed by atoms with Crippen molar-refractivity contribution in [2.75, 3.05) is 31.1 Å². The van der Waals surface area contributed by atoms with Crippen molar-refractivity contribution in [1.29, 1.82) is 0 Å². The van der Waals surface area contributed by atoms with E-state index in [9.17, 15) is 14.0 Å². The molecule has 8 nitrogen and oxygen atoms in total.